The van der Waals surface area contributed by atoms with Crippen LogP contribution in [0.2, 0.25) is 0 Å². The van der Waals surface area contributed by atoms with Crippen LogP contribution in [0.4, 0.5) is 0 Å². The van der Waals surface area contributed by atoms with Crippen molar-refractivity contribution in [2.24, 2.45) is 7.05 Å². The lowest BCUT2D eigenvalue weighted by Gasteiger charge is -2.02. The summed E-state index contributed by atoms with van der Waals surface area (Å²) in [5.74, 6) is 1.22. The zero-order valence-electron chi connectivity index (χ0n) is 7.51. The molecule has 0 atom stereocenters. The van der Waals surface area contributed by atoms with E-state index in [0.29, 0.717) is 11.6 Å². The van der Waals surface area contributed by atoms with Gasteiger partial charge in [-0.05, 0) is 28.1 Å². The van der Waals surface area contributed by atoms with Crippen molar-refractivity contribution in [3.05, 3.63) is 35.2 Å². The SMILES string of the molecule is Cn1cc(Oc2ncccc2Br)cn1. The van der Waals surface area contributed by atoms with Crippen LogP contribution in [0.5, 0.6) is 11.6 Å². The highest BCUT2D eigenvalue weighted by Gasteiger charge is 2.03. The average Bonchev–Trinajstić information content (AvgIpc) is 2.56. The van der Waals surface area contributed by atoms with E-state index in [9.17, 15) is 0 Å². The first-order chi connectivity index (χ1) is 6.75. The molecule has 0 N–H and O–H groups in total. The van der Waals surface area contributed by atoms with Gasteiger partial charge in [-0.3, -0.25) is 4.68 Å². The third-order valence-electron chi connectivity index (χ3n) is 1.62. The van der Waals surface area contributed by atoms with Crippen LogP contribution in [0.3, 0.4) is 0 Å². The van der Waals surface area contributed by atoms with Crippen LogP contribution in [-0.4, -0.2) is 14.8 Å². The van der Waals surface area contributed by atoms with E-state index < -0.39 is 0 Å². The van der Waals surface area contributed by atoms with Gasteiger partial charge in [0, 0.05) is 13.2 Å². The number of pyridine rings is 1. The van der Waals surface area contributed by atoms with Crippen LogP contribution in [-0.2, 0) is 7.05 Å². The van der Waals surface area contributed by atoms with Gasteiger partial charge in [-0.15, -0.1) is 0 Å². The van der Waals surface area contributed by atoms with Gasteiger partial charge in [-0.2, -0.15) is 5.10 Å². The minimum atomic E-state index is 0.542. The van der Waals surface area contributed by atoms with Crippen molar-refractivity contribution in [3.63, 3.8) is 0 Å². The second-order valence-corrected chi connectivity index (χ2v) is 3.60. The maximum Gasteiger partial charge on any atom is 0.233 e. The monoisotopic (exact) mass is 253 g/mol. The molecule has 0 aliphatic carbocycles. The molecule has 0 spiro atoms. The Bertz CT molecular complexity index is 441. The van der Waals surface area contributed by atoms with E-state index in [1.165, 1.54) is 0 Å². The van der Waals surface area contributed by atoms with Crippen molar-refractivity contribution in [1.82, 2.24) is 14.8 Å². The van der Waals surface area contributed by atoms with Gasteiger partial charge in [0.25, 0.3) is 0 Å². The third kappa shape index (κ3) is 1.93. The first-order valence-corrected chi connectivity index (χ1v) is 4.82. The molecule has 0 saturated carbocycles. The van der Waals surface area contributed by atoms with E-state index in [0.717, 1.165) is 4.47 Å². The zero-order chi connectivity index (χ0) is 9.97. The predicted octanol–water partition coefficient (Wildman–Crippen LogP) is 2.37. The lowest BCUT2D eigenvalue weighted by atomic mass is 10.5. The summed E-state index contributed by atoms with van der Waals surface area (Å²) in [6, 6.07) is 3.71. The van der Waals surface area contributed by atoms with Gasteiger partial charge in [-0.25, -0.2) is 4.98 Å². The molecule has 14 heavy (non-hydrogen) atoms. The van der Waals surface area contributed by atoms with E-state index in [2.05, 4.69) is 26.0 Å². The van der Waals surface area contributed by atoms with Gasteiger partial charge in [0.05, 0.1) is 16.9 Å². The van der Waals surface area contributed by atoms with Crippen LogP contribution >= 0.6 is 15.9 Å². The first-order valence-electron chi connectivity index (χ1n) is 4.03. The van der Waals surface area contributed by atoms with Crippen molar-refractivity contribution in [2.45, 2.75) is 0 Å². The third-order valence-corrected chi connectivity index (χ3v) is 2.22. The average molecular weight is 254 g/mol. The fourth-order valence-electron chi connectivity index (χ4n) is 1.01. The molecular weight excluding hydrogens is 246 g/mol. The fourth-order valence-corrected chi connectivity index (χ4v) is 1.35. The van der Waals surface area contributed by atoms with Crippen molar-refractivity contribution in [2.75, 3.05) is 0 Å². The number of ether oxygens (including phenoxy) is 1. The Kier molecular flexibility index (Phi) is 2.49. The summed E-state index contributed by atoms with van der Waals surface area (Å²) in [5.41, 5.74) is 0. The Hall–Kier alpha value is -1.36. The normalized spacial score (nSPS) is 10.1. The topological polar surface area (TPSA) is 39.9 Å². The Morgan fingerprint density at radius 3 is 3.00 bits per heavy atom. The van der Waals surface area contributed by atoms with E-state index in [4.69, 9.17) is 4.74 Å². The van der Waals surface area contributed by atoms with E-state index >= 15 is 0 Å². The van der Waals surface area contributed by atoms with Crippen LogP contribution in [0.25, 0.3) is 0 Å². The van der Waals surface area contributed by atoms with Crippen molar-refractivity contribution in [1.29, 1.82) is 0 Å². The summed E-state index contributed by atoms with van der Waals surface area (Å²) in [6.07, 6.45) is 5.10. The summed E-state index contributed by atoms with van der Waals surface area (Å²) in [4.78, 5) is 4.08. The Morgan fingerprint density at radius 2 is 2.36 bits per heavy atom. The van der Waals surface area contributed by atoms with E-state index in [1.807, 2.05) is 19.2 Å². The highest BCUT2D eigenvalue weighted by molar-refractivity contribution is 9.10. The Morgan fingerprint density at radius 1 is 1.50 bits per heavy atom. The van der Waals surface area contributed by atoms with E-state index in [1.54, 1.807) is 23.3 Å². The molecule has 2 heterocycles. The predicted molar refractivity (Wildman–Crippen MR) is 55.2 cm³/mol. The quantitative estimate of drug-likeness (QED) is 0.825. The molecule has 0 radical (unpaired) electrons. The number of aromatic nitrogens is 3. The minimum absolute atomic E-state index is 0.542. The molecule has 0 saturated heterocycles. The molecule has 5 heteroatoms. The Labute approximate surface area is 89.7 Å². The maximum atomic E-state index is 5.49. The molecule has 0 amide bonds. The molecule has 4 nitrogen and oxygen atoms in total. The number of hydrogen-bond acceptors (Lipinski definition) is 3. The minimum Gasteiger partial charge on any atom is -0.435 e. The molecule has 0 aromatic carbocycles. The van der Waals surface area contributed by atoms with E-state index in [-0.39, 0.29) is 0 Å². The zero-order valence-corrected chi connectivity index (χ0v) is 9.10. The Balaban J connectivity index is 2.23. The first kappa shape index (κ1) is 9.21. The van der Waals surface area contributed by atoms with Crippen molar-refractivity contribution in [3.8, 4) is 11.6 Å². The molecule has 2 aromatic rings. The second-order valence-electron chi connectivity index (χ2n) is 2.74. The van der Waals surface area contributed by atoms with Gasteiger partial charge in [0.15, 0.2) is 5.75 Å². The molecule has 72 valence electrons. The van der Waals surface area contributed by atoms with Gasteiger partial charge in [0.2, 0.25) is 5.88 Å². The lowest BCUT2D eigenvalue weighted by Crippen LogP contribution is -1.87. The largest absolute Gasteiger partial charge is 0.435 e. The van der Waals surface area contributed by atoms with Crippen LogP contribution in [0.1, 0.15) is 0 Å². The van der Waals surface area contributed by atoms with Crippen LogP contribution < -0.4 is 4.74 Å². The molecule has 2 aromatic heterocycles. The van der Waals surface area contributed by atoms with Crippen molar-refractivity contribution >= 4 is 15.9 Å². The van der Waals surface area contributed by atoms with Gasteiger partial charge < -0.3 is 4.74 Å². The molecule has 0 unspecified atom stereocenters. The molecule has 0 bridgehead atoms. The maximum absolute atomic E-state index is 5.49. The number of aryl methyl sites for hydroxylation is 1. The van der Waals surface area contributed by atoms with Crippen LogP contribution in [0.15, 0.2) is 35.2 Å². The number of halogens is 1. The summed E-state index contributed by atoms with van der Waals surface area (Å²) in [6.45, 7) is 0. The second kappa shape index (κ2) is 3.79. The smallest absolute Gasteiger partial charge is 0.233 e. The number of hydrogen-bond donors (Lipinski definition) is 0. The highest BCUT2D eigenvalue weighted by Crippen LogP contribution is 2.25. The van der Waals surface area contributed by atoms with Crippen LogP contribution in [0, 0.1) is 0 Å². The number of rotatable bonds is 2. The van der Waals surface area contributed by atoms with Gasteiger partial charge in [-0.1, -0.05) is 0 Å². The standard InChI is InChI=1S/C9H8BrN3O/c1-13-6-7(5-12-13)14-9-8(10)3-2-4-11-9/h2-6H,1H3. The van der Waals surface area contributed by atoms with Gasteiger partial charge in [0.1, 0.15) is 0 Å². The molecule has 0 aliphatic heterocycles. The molecule has 2 rings (SSSR count). The van der Waals surface area contributed by atoms with Gasteiger partial charge >= 0.3 is 0 Å². The summed E-state index contributed by atoms with van der Waals surface area (Å²) >= 11 is 3.35. The molecular formula is C9H8BrN3O. The molecule has 0 fully saturated rings. The molecule has 0 aliphatic rings. The lowest BCUT2D eigenvalue weighted by molar-refractivity contribution is 0.459. The number of nitrogens with zero attached hydrogens (tertiary/aromatic N) is 3. The van der Waals surface area contributed by atoms with Crippen molar-refractivity contribution < 1.29 is 4.74 Å². The highest BCUT2D eigenvalue weighted by atomic mass is 79.9. The fraction of sp³-hybridized carbons (Fsp3) is 0.111. The summed E-state index contributed by atoms with van der Waals surface area (Å²) < 4.78 is 7.98. The summed E-state index contributed by atoms with van der Waals surface area (Å²) in [5, 5.41) is 3.99. The summed E-state index contributed by atoms with van der Waals surface area (Å²) in [7, 11) is 1.83.